The molecule has 0 bridgehead atoms. The third-order valence-electron chi connectivity index (χ3n) is 1.86. The molecule has 80 valence electrons. The summed E-state index contributed by atoms with van der Waals surface area (Å²) in [5.41, 5.74) is 1.06. The molecule has 0 aliphatic rings. The maximum Gasteiger partial charge on any atom is 0.183 e. The summed E-state index contributed by atoms with van der Waals surface area (Å²) in [4.78, 5) is 5.74. The summed E-state index contributed by atoms with van der Waals surface area (Å²) >= 11 is 6.83. The molecule has 0 unspecified atom stereocenters. The minimum atomic E-state index is 0.987. The number of hydrogen-bond donors (Lipinski definition) is 1. The summed E-state index contributed by atoms with van der Waals surface area (Å²) in [7, 11) is 0. The van der Waals surface area contributed by atoms with E-state index in [2.05, 4.69) is 50.7 Å². The lowest BCUT2D eigenvalue weighted by molar-refractivity contribution is 0.976. The molecule has 15 heavy (non-hydrogen) atoms. The normalized spacial score (nSPS) is 10.5. The molecule has 0 amide bonds. The number of nitrogens with zero attached hydrogens (tertiary/aromatic N) is 1. The number of thiophene rings is 1. The Morgan fingerprint density at radius 1 is 1.47 bits per heavy atom. The fraction of sp³-hybridized carbons (Fsp3) is 0.300. The zero-order valence-corrected chi connectivity index (χ0v) is 11.5. The first-order valence-corrected chi connectivity index (χ1v) is 7.23. The highest BCUT2D eigenvalue weighted by atomic mass is 79.9. The molecule has 0 atom stereocenters. The van der Waals surface area contributed by atoms with E-state index >= 15 is 0 Å². The fourth-order valence-corrected chi connectivity index (χ4v) is 3.31. The third kappa shape index (κ3) is 2.80. The Bertz CT molecular complexity index is 436. The first kappa shape index (κ1) is 11.1. The maximum absolute atomic E-state index is 4.53. The van der Waals surface area contributed by atoms with E-state index < -0.39 is 0 Å². The van der Waals surface area contributed by atoms with Crippen molar-refractivity contribution >= 4 is 43.7 Å². The minimum absolute atomic E-state index is 0.987. The van der Waals surface area contributed by atoms with Crippen molar-refractivity contribution in [3.8, 4) is 10.6 Å². The van der Waals surface area contributed by atoms with Crippen LogP contribution in [0.2, 0.25) is 0 Å². The molecule has 0 aromatic carbocycles. The fourth-order valence-electron chi connectivity index (χ4n) is 1.15. The van der Waals surface area contributed by atoms with Gasteiger partial charge in [-0.2, -0.15) is 0 Å². The molecule has 0 fully saturated rings. The van der Waals surface area contributed by atoms with Gasteiger partial charge in [-0.3, -0.25) is 0 Å². The molecule has 5 heteroatoms. The summed E-state index contributed by atoms with van der Waals surface area (Å²) in [6, 6.07) is 4.14. The van der Waals surface area contributed by atoms with Crippen molar-refractivity contribution in [1.29, 1.82) is 0 Å². The van der Waals surface area contributed by atoms with Gasteiger partial charge < -0.3 is 5.32 Å². The van der Waals surface area contributed by atoms with Crippen LogP contribution in [0.5, 0.6) is 0 Å². The van der Waals surface area contributed by atoms with Crippen molar-refractivity contribution in [1.82, 2.24) is 4.98 Å². The lowest BCUT2D eigenvalue weighted by atomic mass is 10.4. The van der Waals surface area contributed by atoms with Crippen molar-refractivity contribution in [3.63, 3.8) is 0 Å². The largest absolute Gasteiger partial charge is 0.362 e. The lowest BCUT2D eigenvalue weighted by Gasteiger charge is -1.96. The average Bonchev–Trinajstić information content (AvgIpc) is 2.83. The van der Waals surface area contributed by atoms with E-state index in [1.54, 1.807) is 22.7 Å². The Kier molecular flexibility index (Phi) is 3.77. The van der Waals surface area contributed by atoms with Gasteiger partial charge in [-0.15, -0.1) is 22.7 Å². The highest BCUT2D eigenvalue weighted by Crippen LogP contribution is 2.32. The second-order valence-electron chi connectivity index (χ2n) is 3.07. The first-order valence-electron chi connectivity index (χ1n) is 4.74. The van der Waals surface area contributed by atoms with E-state index in [-0.39, 0.29) is 0 Å². The standard InChI is InChI=1S/C10H11BrN2S2/c1-2-5-12-10-13-7(6-14-10)8-3-4-9(11)15-8/h3-4,6H,2,5H2,1H3,(H,12,13). The number of thiazole rings is 1. The number of nitrogens with one attached hydrogen (secondary N) is 1. The Morgan fingerprint density at radius 2 is 2.33 bits per heavy atom. The molecular formula is C10H11BrN2S2. The SMILES string of the molecule is CCCNc1nc(-c2ccc(Br)s2)cs1. The number of anilines is 1. The van der Waals surface area contributed by atoms with Gasteiger partial charge in [-0.25, -0.2) is 4.98 Å². The number of hydrogen-bond acceptors (Lipinski definition) is 4. The van der Waals surface area contributed by atoms with E-state index in [0.29, 0.717) is 0 Å². The molecule has 0 radical (unpaired) electrons. The zero-order chi connectivity index (χ0) is 10.7. The van der Waals surface area contributed by atoms with E-state index in [0.717, 1.165) is 27.6 Å². The Balaban J connectivity index is 2.13. The van der Waals surface area contributed by atoms with Crippen LogP contribution in [-0.2, 0) is 0 Å². The van der Waals surface area contributed by atoms with Gasteiger partial charge in [0.05, 0.1) is 14.4 Å². The molecule has 2 aromatic rings. The Morgan fingerprint density at radius 3 is 3.00 bits per heavy atom. The summed E-state index contributed by atoms with van der Waals surface area (Å²) in [5, 5.41) is 6.40. The van der Waals surface area contributed by atoms with Crippen LogP contribution in [0.25, 0.3) is 10.6 Å². The van der Waals surface area contributed by atoms with Gasteiger partial charge in [-0.1, -0.05) is 6.92 Å². The maximum atomic E-state index is 4.53. The second-order valence-corrected chi connectivity index (χ2v) is 6.39. The van der Waals surface area contributed by atoms with Crippen LogP contribution in [0.1, 0.15) is 13.3 Å². The van der Waals surface area contributed by atoms with Crippen LogP contribution >= 0.6 is 38.6 Å². The van der Waals surface area contributed by atoms with Crippen LogP contribution in [-0.4, -0.2) is 11.5 Å². The molecule has 1 N–H and O–H groups in total. The highest BCUT2D eigenvalue weighted by molar-refractivity contribution is 9.11. The van der Waals surface area contributed by atoms with E-state index in [4.69, 9.17) is 0 Å². The molecule has 2 heterocycles. The molecule has 0 saturated heterocycles. The summed E-state index contributed by atoms with van der Waals surface area (Å²) in [6.45, 7) is 3.14. The number of aromatic nitrogens is 1. The number of halogens is 1. The quantitative estimate of drug-likeness (QED) is 0.902. The molecular weight excluding hydrogens is 292 g/mol. The van der Waals surface area contributed by atoms with Crippen LogP contribution in [0.4, 0.5) is 5.13 Å². The van der Waals surface area contributed by atoms with Crippen molar-refractivity contribution < 1.29 is 0 Å². The second kappa shape index (κ2) is 5.09. The number of rotatable bonds is 4. The summed E-state index contributed by atoms with van der Waals surface area (Å²) in [6.07, 6.45) is 1.12. The van der Waals surface area contributed by atoms with Crippen LogP contribution in [0.15, 0.2) is 21.3 Å². The van der Waals surface area contributed by atoms with Gasteiger partial charge in [0.25, 0.3) is 0 Å². The Hall–Kier alpha value is -0.390. The van der Waals surface area contributed by atoms with Crippen molar-refractivity contribution in [2.45, 2.75) is 13.3 Å². The van der Waals surface area contributed by atoms with Crippen LogP contribution in [0.3, 0.4) is 0 Å². The first-order chi connectivity index (χ1) is 7.29. The monoisotopic (exact) mass is 302 g/mol. The van der Waals surface area contributed by atoms with Gasteiger partial charge in [0.2, 0.25) is 0 Å². The summed E-state index contributed by atoms with van der Waals surface area (Å²) < 4.78 is 1.15. The molecule has 0 spiro atoms. The summed E-state index contributed by atoms with van der Waals surface area (Å²) in [5.74, 6) is 0. The van der Waals surface area contributed by atoms with Crippen LogP contribution in [0, 0.1) is 0 Å². The molecule has 2 nitrogen and oxygen atoms in total. The molecule has 0 saturated carbocycles. The predicted octanol–water partition coefficient (Wildman–Crippen LogP) is 4.46. The van der Waals surface area contributed by atoms with Crippen molar-refractivity contribution in [2.24, 2.45) is 0 Å². The van der Waals surface area contributed by atoms with E-state index in [9.17, 15) is 0 Å². The molecule has 0 aliphatic heterocycles. The van der Waals surface area contributed by atoms with Gasteiger partial charge in [0, 0.05) is 11.9 Å². The third-order valence-corrected chi connectivity index (χ3v) is 4.30. The average molecular weight is 303 g/mol. The highest BCUT2D eigenvalue weighted by Gasteiger charge is 2.05. The van der Waals surface area contributed by atoms with Gasteiger partial charge in [-0.05, 0) is 34.5 Å². The lowest BCUT2D eigenvalue weighted by Crippen LogP contribution is -1.98. The van der Waals surface area contributed by atoms with Gasteiger partial charge >= 0.3 is 0 Å². The zero-order valence-electron chi connectivity index (χ0n) is 8.29. The minimum Gasteiger partial charge on any atom is -0.362 e. The molecule has 0 aliphatic carbocycles. The molecule has 2 rings (SSSR count). The van der Waals surface area contributed by atoms with Crippen molar-refractivity contribution in [2.75, 3.05) is 11.9 Å². The predicted molar refractivity (Wildman–Crippen MR) is 71.9 cm³/mol. The van der Waals surface area contributed by atoms with E-state index in [1.807, 2.05) is 0 Å². The van der Waals surface area contributed by atoms with Gasteiger partial charge in [0.15, 0.2) is 5.13 Å². The topological polar surface area (TPSA) is 24.9 Å². The molecule has 2 aromatic heterocycles. The van der Waals surface area contributed by atoms with E-state index in [1.165, 1.54) is 4.88 Å². The van der Waals surface area contributed by atoms with Crippen molar-refractivity contribution in [3.05, 3.63) is 21.3 Å². The smallest absolute Gasteiger partial charge is 0.183 e. The van der Waals surface area contributed by atoms with Crippen LogP contribution < -0.4 is 5.32 Å². The Labute approximate surface area is 106 Å². The van der Waals surface area contributed by atoms with Gasteiger partial charge in [0.1, 0.15) is 0 Å².